The normalized spacial score (nSPS) is 10.3. The van der Waals surface area contributed by atoms with Gasteiger partial charge in [0, 0.05) is 17.8 Å². The summed E-state index contributed by atoms with van der Waals surface area (Å²) in [7, 11) is 0. The monoisotopic (exact) mass is 274 g/mol. The predicted molar refractivity (Wildman–Crippen MR) is 79.9 cm³/mol. The number of anilines is 3. The summed E-state index contributed by atoms with van der Waals surface area (Å²) in [5.74, 6) is 1.28. The molecule has 106 valence electrons. The Balaban J connectivity index is 2.26. The van der Waals surface area contributed by atoms with E-state index < -0.39 is 0 Å². The smallest absolute Gasteiger partial charge is 0.139 e. The Labute approximate surface area is 118 Å². The highest BCUT2D eigenvalue weighted by atomic mass is 19.1. The van der Waals surface area contributed by atoms with Crippen molar-refractivity contribution in [1.29, 1.82) is 0 Å². The fourth-order valence-electron chi connectivity index (χ4n) is 1.95. The van der Waals surface area contributed by atoms with Crippen LogP contribution in [0, 0.1) is 5.82 Å². The number of rotatable bonds is 6. The van der Waals surface area contributed by atoms with Crippen LogP contribution in [0.15, 0.2) is 30.6 Å². The zero-order valence-corrected chi connectivity index (χ0v) is 11.8. The maximum absolute atomic E-state index is 13.2. The summed E-state index contributed by atoms with van der Waals surface area (Å²) >= 11 is 0. The van der Waals surface area contributed by atoms with Crippen LogP contribution in [-0.4, -0.2) is 16.5 Å². The van der Waals surface area contributed by atoms with E-state index in [9.17, 15) is 4.39 Å². The van der Waals surface area contributed by atoms with E-state index in [4.69, 9.17) is 0 Å². The van der Waals surface area contributed by atoms with E-state index in [2.05, 4.69) is 27.5 Å². The molecule has 0 bridgehead atoms. The number of nitrogens with one attached hydrogen (secondary N) is 2. The number of aromatic nitrogens is 2. The van der Waals surface area contributed by atoms with Gasteiger partial charge in [0.25, 0.3) is 0 Å². The van der Waals surface area contributed by atoms with E-state index in [1.54, 1.807) is 6.07 Å². The Kier molecular flexibility index (Phi) is 4.87. The van der Waals surface area contributed by atoms with Gasteiger partial charge in [0.1, 0.15) is 23.8 Å². The van der Waals surface area contributed by atoms with Crippen molar-refractivity contribution >= 4 is 17.3 Å². The molecule has 0 fully saturated rings. The Bertz CT molecular complexity index is 572. The van der Waals surface area contributed by atoms with Crippen molar-refractivity contribution in [2.24, 2.45) is 0 Å². The summed E-state index contributed by atoms with van der Waals surface area (Å²) in [5.41, 5.74) is 1.69. The summed E-state index contributed by atoms with van der Waals surface area (Å²) in [4.78, 5) is 8.53. The molecule has 4 nitrogen and oxygen atoms in total. The first-order valence-corrected chi connectivity index (χ1v) is 6.85. The van der Waals surface area contributed by atoms with Crippen molar-refractivity contribution in [2.75, 3.05) is 17.2 Å². The molecule has 0 radical (unpaired) electrons. The van der Waals surface area contributed by atoms with Gasteiger partial charge >= 0.3 is 0 Å². The van der Waals surface area contributed by atoms with Gasteiger partial charge in [-0.25, -0.2) is 14.4 Å². The molecule has 0 unspecified atom stereocenters. The lowest BCUT2D eigenvalue weighted by Gasteiger charge is -2.14. The molecule has 0 atom stereocenters. The Morgan fingerprint density at radius 3 is 2.65 bits per heavy atom. The summed E-state index contributed by atoms with van der Waals surface area (Å²) in [6.07, 6.45) is 3.34. The molecule has 0 aliphatic heterocycles. The largest absolute Gasteiger partial charge is 0.370 e. The summed E-state index contributed by atoms with van der Waals surface area (Å²) in [5, 5.41) is 6.44. The third kappa shape index (κ3) is 3.44. The summed E-state index contributed by atoms with van der Waals surface area (Å²) in [6.45, 7) is 5.02. The zero-order valence-electron chi connectivity index (χ0n) is 11.8. The van der Waals surface area contributed by atoms with Crippen LogP contribution >= 0.6 is 0 Å². The lowest BCUT2D eigenvalue weighted by atomic mass is 10.2. The van der Waals surface area contributed by atoms with Crippen molar-refractivity contribution in [3.05, 3.63) is 42.0 Å². The average molecular weight is 274 g/mol. The van der Waals surface area contributed by atoms with Crippen LogP contribution in [0.3, 0.4) is 0 Å². The topological polar surface area (TPSA) is 49.8 Å². The van der Waals surface area contributed by atoms with E-state index in [1.807, 2.05) is 13.0 Å². The van der Waals surface area contributed by atoms with Gasteiger partial charge in [-0.1, -0.05) is 19.9 Å². The molecule has 0 saturated carbocycles. The molecule has 1 heterocycles. The standard InChI is InChI=1S/C15H19FN4/c1-3-8-17-14-13(4-2)15(19-10-18-14)20-12-7-5-6-11(16)9-12/h5-7,9-10H,3-4,8H2,1-2H3,(H2,17,18,19,20). The molecular formula is C15H19FN4. The molecule has 1 aromatic carbocycles. The first kappa shape index (κ1) is 14.2. The highest BCUT2D eigenvalue weighted by Crippen LogP contribution is 2.24. The lowest BCUT2D eigenvalue weighted by molar-refractivity contribution is 0.628. The zero-order chi connectivity index (χ0) is 14.4. The molecule has 0 aliphatic carbocycles. The molecule has 2 rings (SSSR count). The molecule has 1 aromatic heterocycles. The van der Waals surface area contributed by atoms with E-state index in [0.29, 0.717) is 11.5 Å². The van der Waals surface area contributed by atoms with Crippen molar-refractivity contribution in [3.63, 3.8) is 0 Å². The van der Waals surface area contributed by atoms with Gasteiger partial charge in [0.2, 0.25) is 0 Å². The van der Waals surface area contributed by atoms with Crippen molar-refractivity contribution in [1.82, 2.24) is 9.97 Å². The molecule has 0 saturated heterocycles. The van der Waals surface area contributed by atoms with E-state index in [-0.39, 0.29) is 5.82 Å². The van der Waals surface area contributed by atoms with Crippen LogP contribution in [0.5, 0.6) is 0 Å². The second-order valence-corrected chi connectivity index (χ2v) is 4.47. The van der Waals surface area contributed by atoms with Crippen molar-refractivity contribution in [3.8, 4) is 0 Å². The van der Waals surface area contributed by atoms with Gasteiger partial charge in [-0.15, -0.1) is 0 Å². The fourth-order valence-corrected chi connectivity index (χ4v) is 1.95. The van der Waals surface area contributed by atoms with Gasteiger partial charge in [-0.3, -0.25) is 0 Å². The third-order valence-electron chi connectivity index (χ3n) is 2.93. The first-order valence-electron chi connectivity index (χ1n) is 6.85. The number of benzene rings is 1. The van der Waals surface area contributed by atoms with Crippen LogP contribution in [0.4, 0.5) is 21.7 Å². The van der Waals surface area contributed by atoms with Gasteiger partial charge in [-0.05, 0) is 31.0 Å². The SMILES string of the molecule is CCCNc1ncnc(Nc2cccc(F)c2)c1CC. The molecule has 2 N–H and O–H groups in total. The van der Waals surface area contributed by atoms with Gasteiger partial charge < -0.3 is 10.6 Å². The maximum atomic E-state index is 13.2. The van der Waals surface area contributed by atoms with E-state index in [0.717, 1.165) is 30.8 Å². The minimum atomic E-state index is -0.272. The molecule has 0 spiro atoms. The molecular weight excluding hydrogens is 255 g/mol. The summed E-state index contributed by atoms with van der Waals surface area (Å²) < 4.78 is 13.2. The van der Waals surface area contributed by atoms with Gasteiger partial charge in [0.15, 0.2) is 0 Å². The van der Waals surface area contributed by atoms with E-state index >= 15 is 0 Å². The second kappa shape index (κ2) is 6.84. The van der Waals surface area contributed by atoms with Crippen molar-refractivity contribution in [2.45, 2.75) is 26.7 Å². The molecule has 0 amide bonds. The number of hydrogen-bond acceptors (Lipinski definition) is 4. The van der Waals surface area contributed by atoms with Crippen LogP contribution in [0.2, 0.25) is 0 Å². The first-order chi connectivity index (χ1) is 9.74. The fraction of sp³-hybridized carbons (Fsp3) is 0.333. The minimum absolute atomic E-state index is 0.272. The second-order valence-electron chi connectivity index (χ2n) is 4.47. The predicted octanol–water partition coefficient (Wildman–Crippen LogP) is 3.74. The Morgan fingerprint density at radius 1 is 1.15 bits per heavy atom. The molecule has 2 aromatic rings. The maximum Gasteiger partial charge on any atom is 0.139 e. The Hall–Kier alpha value is -2.17. The van der Waals surface area contributed by atoms with Crippen LogP contribution < -0.4 is 10.6 Å². The molecule has 0 aliphatic rings. The quantitative estimate of drug-likeness (QED) is 0.842. The van der Waals surface area contributed by atoms with Crippen LogP contribution in [0.1, 0.15) is 25.8 Å². The van der Waals surface area contributed by atoms with Crippen LogP contribution in [0.25, 0.3) is 0 Å². The minimum Gasteiger partial charge on any atom is -0.370 e. The van der Waals surface area contributed by atoms with Gasteiger partial charge in [-0.2, -0.15) is 0 Å². The number of hydrogen-bond donors (Lipinski definition) is 2. The highest BCUT2D eigenvalue weighted by molar-refractivity contribution is 5.64. The molecule has 5 heteroatoms. The van der Waals surface area contributed by atoms with Gasteiger partial charge in [0.05, 0.1) is 0 Å². The Morgan fingerprint density at radius 2 is 1.95 bits per heavy atom. The summed E-state index contributed by atoms with van der Waals surface area (Å²) in [6, 6.07) is 6.34. The molecule has 20 heavy (non-hydrogen) atoms. The lowest BCUT2D eigenvalue weighted by Crippen LogP contribution is -2.08. The van der Waals surface area contributed by atoms with Crippen LogP contribution in [-0.2, 0) is 6.42 Å². The van der Waals surface area contributed by atoms with Crippen molar-refractivity contribution < 1.29 is 4.39 Å². The number of nitrogens with zero attached hydrogens (tertiary/aromatic N) is 2. The third-order valence-corrected chi connectivity index (χ3v) is 2.93. The average Bonchev–Trinajstić information content (AvgIpc) is 2.45. The van der Waals surface area contributed by atoms with E-state index in [1.165, 1.54) is 18.5 Å². The number of halogens is 1. The highest BCUT2D eigenvalue weighted by Gasteiger charge is 2.09.